The Kier molecular flexibility index (Phi) is 3.16. The lowest BCUT2D eigenvalue weighted by Gasteiger charge is -2.11. The minimum absolute atomic E-state index is 0.180. The van der Waals surface area contributed by atoms with E-state index in [1.54, 1.807) is 0 Å². The van der Waals surface area contributed by atoms with Crippen LogP contribution in [0.15, 0.2) is 5.11 Å². The zero-order chi connectivity index (χ0) is 8.10. The molecule has 0 spiro atoms. The lowest BCUT2D eigenvalue weighted by atomic mass is 10.3. The van der Waals surface area contributed by atoms with Crippen molar-refractivity contribution in [2.24, 2.45) is 5.11 Å². The number of aliphatic hydroxyl groups is 1. The third kappa shape index (κ3) is 2.76. The summed E-state index contributed by atoms with van der Waals surface area (Å²) < 4.78 is 0. The third-order valence-corrected chi connectivity index (χ3v) is 1.83. The topological polar surface area (TPSA) is 72.2 Å². The second-order valence-corrected chi connectivity index (χ2v) is 2.70. The molecule has 1 saturated heterocycles. The van der Waals surface area contributed by atoms with Crippen LogP contribution in [0.5, 0.6) is 0 Å². The van der Waals surface area contributed by atoms with Crippen molar-refractivity contribution in [2.45, 2.75) is 12.5 Å². The predicted octanol–water partition coefficient (Wildman–Crippen LogP) is 0.363. The summed E-state index contributed by atoms with van der Waals surface area (Å²) in [4.78, 5) is 4.75. The fraction of sp³-hybridized carbons (Fsp3) is 1.00. The normalized spacial score (nSPS) is 25.0. The van der Waals surface area contributed by atoms with Gasteiger partial charge in [0.15, 0.2) is 0 Å². The van der Waals surface area contributed by atoms with Crippen LogP contribution in [0.25, 0.3) is 10.4 Å². The molecule has 0 amide bonds. The zero-order valence-corrected chi connectivity index (χ0v) is 6.35. The maximum atomic E-state index is 9.11. The van der Waals surface area contributed by atoms with Crippen LogP contribution in [-0.4, -0.2) is 42.3 Å². The number of β-amino-alcohol motifs (C(OH)–C–C–N with tert-alkyl or cyclic N) is 1. The Morgan fingerprint density at radius 1 is 1.73 bits per heavy atom. The van der Waals surface area contributed by atoms with Crippen molar-refractivity contribution in [1.29, 1.82) is 0 Å². The predicted molar refractivity (Wildman–Crippen MR) is 41.1 cm³/mol. The number of hydrogen-bond donors (Lipinski definition) is 1. The first-order valence-corrected chi connectivity index (χ1v) is 3.74. The van der Waals surface area contributed by atoms with Crippen LogP contribution in [0.2, 0.25) is 0 Å². The van der Waals surface area contributed by atoms with Crippen LogP contribution < -0.4 is 0 Å². The first kappa shape index (κ1) is 8.33. The van der Waals surface area contributed by atoms with E-state index in [9.17, 15) is 0 Å². The smallest absolute Gasteiger partial charge is 0.0679 e. The molecular formula is C6H12N4O. The molecule has 1 heterocycles. The zero-order valence-electron chi connectivity index (χ0n) is 6.35. The molecule has 0 bridgehead atoms. The first-order valence-electron chi connectivity index (χ1n) is 3.74. The average Bonchev–Trinajstić information content (AvgIpc) is 2.37. The lowest BCUT2D eigenvalue weighted by molar-refractivity contribution is 0.177. The SMILES string of the molecule is [N-]=[N+]=NCCN1CCC(O)C1. The Morgan fingerprint density at radius 2 is 2.55 bits per heavy atom. The van der Waals surface area contributed by atoms with Crippen molar-refractivity contribution < 1.29 is 5.11 Å². The van der Waals surface area contributed by atoms with Gasteiger partial charge in [-0.25, -0.2) is 0 Å². The van der Waals surface area contributed by atoms with Gasteiger partial charge in [0.2, 0.25) is 0 Å². The molecule has 1 atom stereocenters. The minimum Gasteiger partial charge on any atom is -0.392 e. The van der Waals surface area contributed by atoms with Gasteiger partial charge in [-0.1, -0.05) is 5.11 Å². The van der Waals surface area contributed by atoms with Crippen molar-refractivity contribution in [2.75, 3.05) is 26.2 Å². The van der Waals surface area contributed by atoms with Crippen LogP contribution in [-0.2, 0) is 0 Å². The van der Waals surface area contributed by atoms with Crippen molar-refractivity contribution >= 4 is 0 Å². The molecule has 0 saturated carbocycles. The average molecular weight is 156 g/mol. The number of likely N-dealkylation sites (tertiary alicyclic amines) is 1. The van der Waals surface area contributed by atoms with Crippen LogP contribution >= 0.6 is 0 Å². The van der Waals surface area contributed by atoms with Crippen molar-refractivity contribution in [1.82, 2.24) is 4.90 Å². The monoisotopic (exact) mass is 156 g/mol. The van der Waals surface area contributed by atoms with E-state index in [-0.39, 0.29) is 6.10 Å². The second-order valence-electron chi connectivity index (χ2n) is 2.70. The van der Waals surface area contributed by atoms with Crippen molar-refractivity contribution in [3.63, 3.8) is 0 Å². The first-order chi connectivity index (χ1) is 5.33. The van der Waals surface area contributed by atoms with E-state index in [0.29, 0.717) is 6.54 Å². The van der Waals surface area contributed by atoms with Gasteiger partial charge in [0.05, 0.1) is 6.10 Å². The molecule has 1 rings (SSSR count). The van der Waals surface area contributed by atoms with Crippen LogP contribution in [0.1, 0.15) is 6.42 Å². The molecular weight excluding hydrogens is 144 g/mol. The summed E-state index contributed by atoms with van der Waals surface area (Å²) in [6.07, 6.45) is 0.664. The minimum atomic E-state index is -0.180. The summed E-state index contributed by atoms with van der Waals surface area (Å²) in [7, 11) is 0. The van der Waals surface area contributed by atoms with Crippen molar-refractivity contribution in [3.8, 4) is 0 Å². The van der Waals surface area contributed by atoms with Gasteiger partial charge in [-0.3, -0.25) is 0 Å². The second kappa shape index (κ2) is 4.18. The van der Waals surface area contributed by atoms with E-state index in [1.807, 2.05) is 0 Å². The lowest BCUT2D eigenvalue weighted by Crippen LogP contribution is -2.24. The van der Waals surface area contributed by atoms with Gasteiger partial charge in [-0.05, 0) is 12.0 Å². The number of hydrogen-bond acceptors (Lipinski definition) is 3. The maximum Gasteiger partial charge on any atom is 0.0679 e. The standard InChI is InChI=1S/C6H12N4O/c7-9-8-2-4-10-3-1-6(11)5-10/h6,11H,1-5H2. The highest BCUT2D eigenvalue weighted by Gasteiger charge is 2.18. The number of rotatable bonds is 3. The van der Waals surface area contributed by atoms with Crippen molar-refractivity contribution in [3.05, 3.63) is 10.4 Å². The number of azide groups is 1. The molecule has 1 fully saturated rings. The molecule has 1 unspecified atom stereocenters. The Balaban J connectivity index is 2.13. The summed E-state index contributed by atoms with van der Waals surface area (Å²) in [5.74, 6) is 0. The molecule has 1 N–H and O–H groups in total. The van der Waals surface area contributed by atoms with Crippen LogP contribution in [0.4, 0.5) is 0 Å². The van der Waals surface area contributed by atoms with Gasteiger partial charge >= 0.3 is 0 Å². The van der Waals surface area contributed by atoms with Gasteiger partial charge in [0.25, 0.3) is 0 Å². The molecule has 11 heavy (non-hydrogen) atoms. The summed E-state index contributed by atoms with van der Waals surface area (Å²) in [6.45, 7) is 2.91. The quantitative estimate of drug-likeness (QED) is 0.364. The maximum absolute atomic E-state index is 9.11. The van der Waals surface area contributed by atoms with Crippen LogP contribution in [0.3, 0.4) is 0 Å². The molecule has 0 aromatic carbocycles. The van der Waals surface area contributed by atoms with E-state index in [2.05, 4.69) is 14.9 Å². The summed E-state index contributed by atoms with van der Waals surface area (Å²) in [6, 6.07) is 0. The molecule has 5 nitrogen and oxygen atoms in total. The largest absolute Gasteiger partial charge is 0.392 e. The van der Waals surface area contributed by atoms with Gasteiger partial charge in [-0.15, -0.1) is 0 Å². The van der Waals surface area contributed by atoms with E-state index < -0.39 is 0 Å². The molecule has 62 valence electrons. The molecule has 0 aromatic heterocycles. The van der Waals surface area contributed by atoms with Gasteiger partial charge in [0, 0.05) is 31.1 Å². The van der Waals surface area contributed by atoms with Gasteiger partial charge in [-0.2, -0.15) is 0 Å². The van der Waals surface area contributed by atoms with E-state index in [1.165, 1.54) is 0 Å². The highest BCUT2D eigenvalue weighted by atomic mass is 16.3. The third-order valence-electron chi connectivity index (χ3n) is 1.83. The number of aliphatic hydroxyl groups excluding tert-OH is 1. The summed E-state index contributed by atoms with van der Waals surface area (Å²) >= 11 is 0. The molecule has 0 radical (unpaired) electrons. The fourth-order valence-corrected chi connectivity index (χ4v) is 1.25. The Bertz CT molecular complexity index is 166. The molecule has 5 heteroatoms. The Labute approximate surface area is 65.2 Å². The van der Waals surface area contributed by atoms with Gasteiger partial charge in [0.1, 0.15) is 0 Å². The van der Waals surface area contributed by atoms with Crippen LogP contribution in [0, 0.1) is 0 Å². The molecule has 1 aliphatic rings. The molecule has 1 aliphatic heterocycles. The Hall–Kier alpha value is -0.770. The molecule has 0 aromatic rings. The van der Waals surface area contributed by atoms with E-state index in [0.717, 1.165) is 26.1 Å². The Morgan fingerprint density at radius 3 is 3.09 bits per heavy atom. The molecule has 0 aliphatic carbocycles. The summed E-state index contributed by atoms with van der Waals surface area (Å²) in [5.41, 5.74) is 7.98. The van der Waals surface area contributed by atoms with E-state index in [4.69, 9.17) is 10.6 Å². The highest BCUT2D eigenvalue weighted by Crippen LogP contribution is 2.07. The highest BCUT2D eigenvalue weighted by molar-refractivity contribution is 4.74. The fourth-order valence-electron chi connectivity index (χ4n) is 1.25. The number of nitrogens with zero attached hydrogens (tertiary/aromatic N) is 4. The van der Waals surface area contributed by atoms with E-state index >= 15 is 0 Å². The summed E-state index contributed by atoms with van der Waals surface area (Å²) in [5, 5.41) is 12.5. The van der Waals surface area contributed by atoms with Gasteiger partial charge < -0.3 is 10.0 Å².